The Morgan fingerprint density at radius 1 is 1.04 bits per heavy atom. The Morgan fingerprint density at radius 2 is 1.79 bits per heavy atom. The van der Waals surface area contributed by atoms with Gasteiger partial charge < -0.3 is 5.11 Å². The van der Waals surface area contributed by atoms with Gasteiger partial charge in [0.25, 0.3) is 0 Å². The Morgan fingerprint density at radius 3 is 2.50 bits per heavy atom. The Balaban J connectivity index is 1.71. The van der Waals surface area contributed by atoms with Crippen LogP contribution in [0.2, 0.25) is 0 Å². The van der Waals surface area contributed by atoms with Gasteiger partial charge in [-0.3, -0.25) is 4.79 Å². The van der Waals surface area contributed by atoms with E-state index in [0.717, 1.165) is 43.4 Å². The van der Waals surface area contributed by atoms with Crippen molar-refractivity contribution in [2.24, 2.45) is 34.5 Å². The highest BCUT2D eigenvalue weighted by atomic mass is 16.3. The van der Waals surface area contributed by atoms with Gasteiger partial charge in [-0.1, -0.05) is 25.0 Å². The molecule has 0 aromatic heterocycles. The van der Waals surface area contributed by atoms with Crippen LogP contribution in [0.3, 0.4) is 0 Å². The molecular weight excluding hydrogens is 296 g/mol. The molecule has 0 heterocycles. The second-order valence-electron chi connectivity index (χ2n) is 9.94. The summed E-state index contributed by atoms with van der Waals surface area (Å²) in [5.41, 5.74) is 3.71. The summed E-state index contributed by atoms with van der Waals surface area (Å²) in [6.07, 6.45) is 9.00. The van der Waals surface area contributed by atoms with E-state index >= 15 is 0 Å². The summed E-state index contributed by atoms with van der Waals surface area (Å²) in [4.78, 5) is 12.2. The first-order valence-electron chi connectivity index (χ1n) is 10.1. The SMILES string of the molecule is CC(=O)[C@@H]1CC[C@@H]2[C@H]3CC(C)=C4C[C@H](O)CC[C@]4(C)[C@@H]3CC[C@@]21C. The van der Waals surface area contributed by atoms with Gasteiger partial charge in [0, 0.05) is 5.92 Å². The Labute approximate surface area is 147 Å². The van der Waals surface area contributed by atoms with Crippen molar-refractivity contribution in [2.45, 2.75) is 85.2 Å². The van der Waals surface area contributed by atoms with Gasteiger partial charge in [-0.2, -0.15) is 0 Å². The molecule has 0 radical (unpaired) electrons. The third-order valence-electron chi connectivity index (χ3n) is 8.93. The Kier molecular flexibility index (Phi) is 3.81. The normalized spacial score (nSPS) is 51.0. The molecular formula is C22H34O2. The smallest absolute Gasteiger partial charge is 0.133 e. The Bertz CT molecular complexity index is 591. The maximum atomic E-state index is 12.2. The van der Waals surface area contributed by atoms with Crippen LogP contribution in [-0.2, 0) is 4.79 Å². The topological polar surface area (TPSA) is 37.3 Å². The number of carbonyl (C=O) groups excluding carboxylic acids is 1. The molecule has 2 heteroatoms. The first-order valence-corrected chi connectivity index (χ1v) is 10.1. The highest BCUT2D eigenvalue weighted by Gasteiger charge is 2.59. The van der Waals surface area contributed by atoms with Crippen LogP contribution in [0.15, 0.2) is 11.1 Å². The third-order valence-corrected chi connectivity index (χ3v) is 8.93. The molecule has 0 amide bonds. The van der Waals surface area contributed by atoms with E-state index in [0.29, 0.717) is 17.1 Å². The zero-order chi connectivity index (χ0) is 17.3. The number of aliphatic hydroxyl groups is 1. The number of allylic oxidation sites excluding steroid dienone is 1. The van der Waals surface area contributed by atoms with Gasteiger partial charge in [-0.25, -0.2) is 0 Å². The van der Waals surface area contributed by atoms with Crippen molar-refractivity contribution in [1.29, 1.82) is 0 Å². The van der Waals surface area contributed by atoms with E-state index in [2.05, 4.69) is 20.8 Å². The molecule has 24 heavy (non-hydrogen) atoms. The lowest BCUT2D eigenvalue weighted by molar-refractivity contribution is -0.127. The van der Waals surface area contributed by atoms with Gasteiger partial charge in [0.15, 0.2) is 0 Å². The van der Waals surface area contributed by atoms with E-state index < -0.39 is 0 Å². The lowest BCUT2D eigenvalue weighted by atomic mass is 9.46. The molecule has 2 nitrogen and oxygen atoms in total. The van der Waals surface area contributed by atoms with Crippen molar-refractivity contribution >= 4 is 5.78 Å². The van der Waals surface area contributed by atoms with Crippen molar-refractivity contribution in [2.75, 3.05) is 0 Å². The van der Waals surface area contributed by atoms with E-state index in [4.69, 9.17) is 0 Å². The quantitative estimate of drug-likeness (QED) is 0.694. The van der Waals surface area contributed by atoms with Gasteiger partial charge in [0.05, 0.1) is 6.10 Å². The summed E-state index contributed by atoms with van der Waals surface area (Å²) < 4.78 is 0. The average Bonchev–Trinajstić information content (AvgIpc) is 2.87. The highest BCUT2D eigenvalue weighted by Crippen LogP contribution is 2.67. The number of Topliss-reactive ketones (excluding diaryl/α,β-unsaturated/α-hetero) is 1. The molecule has 4 rings (SSSR count). The molecule has 0 bridgehead atoms. The number of ketones is 1. The molecule has 4 aliphatic carbocycles. The summed E-state index contributed by atoms with van der Waals surface area (Å²) in [5, 5.41) is 10.2. The van der Waals surface area contributed by atoms with E-state index in [1.165, 1.54) is 25.7 Å². The third kappa shape index (κ3) is 2.14. The summed E-state index contributed by atoms with van der Waals surface area (Å²) in [6.45, 7) is 9.06. The summed E-state index contributed by atoms with van der Waals surface area (Å²) in [5.74, 6) is 2.99. The largest absolute Gasteiger partial charge is 0.393 e. The zero-order valence-electron chi connectivity index (χ0n) is 15.9. The van der Waals surface area contributed by atoms with Gasteiger partial charge in [0.2, 0.25) is 0 Å². The summed E-state index contributed by atoms with van der Waals surface area (Å²) in [7, 11) is 0. The maximum Gasteiger partial charge on any atom is 0.133 e. The molecule has 0 saturated heterocycles. The molecule has 0 aromatic carbocycles. The minimum absolute atomic E-state index is 0.123. The molecule has 3 saturated carbocycles. The van der Waals surface area contributed by atoms with Gasteiger partial charge in [0.1, 0.15) is 5.78 Å². The standard InChI is InChI=1S/C22H34O2/c1-13-11-16-18-6-5-17(14(2)23)21(18,3)10-8-19(16)22(4)9-7-15(24)12-20(13)22/h15-19,24H,5-12H2,1-4H3/t15-,16-,17+,18-,19-,21-,22-/m1/s1. The van der Waals surface area contributed by atoms with Crippen LogP contribution in [0.1, 0.15) is 79.1 Å². The van der Waals surface area contributed by atoms with Crippen molar-refractivity contribution < 1.29 is 9.90 Å². The van der Waals surface area contributed by atoms with E-state index in [-0.39, 0.29) is 11.5 Å². The van der Waals surface area contributed by atoms with Crippen LogP contribution in [0, 0.1) is 34.5 Å². The molecule has 0 unspecified atom stereocenters. The summed E-state index contributed by atoms with van der Waals surface area (Å²) in [6, 6.07) is 0. The van der Waals surface area contributed by atoms with Crippen molar-refractivity contribution in [3.05, 3.63) is 11.1 Å². The number of carbonyl (C=O) groups is 1. The molecule has 0 aromatic rings. The average molecular weight is 331 g/mol. The first-order chi connectivity index (χ1) is 11.3. The number of hydrogen-bond acceptors (Lipinski definition) is 2. The van der Waals surface area contributed by atoms with Crippen LogP contribution < -0.4 is 0 Å². The van der Waals surface area contributed by atoms with E-state index in [1.54, 1.807) is 11.1 Å². The van der Waals surface area contributed by atoms with E-state index in [9.17, 15) is 9.90 Å². The second-order valence-corrected chi connectivity index (χ2v) is 9.94. The number of aliphatic hydroxyl groups excluding tert-OH is 1. The number of fused-ring (bicyclic) bond motifs is 5. The highest BCUT2D eigenvalue weighted by molar-refractivity contribution is 5.79. The van der Waals surface area contributed by atoms with Crippen molar-refractivity contribution in [3.8, 4) is 0 Å². The van der Waals surface area contributed by atoms with Gasteiger partial charge in [-0.05, 0) is 93.8 Å². The Hall–Kier alpha value is -0.630. The summed E-state index contributed by atoms with van der Waals surface area (Å²) >= 11 is 0. The fourth-order valence-electron chi connectivity index (χ4n) is 7.77. The minimum Gasteiger partial charge on any atom is -0.393 e. The molecule has 7 atom stereocenters. The first kappa shape index (κ1) is 16.8. The van der Waals surface area contributed by atoms with E-state index in [1.807, 2.05) is 6.92 Å². The molecule has 0 spiro atoms. The zero-order valence-corrected chi connectivity index (χ0v) is 15.9. The second kappa shape index (κ2) is 5.43. The molecule has 134 valence electrons. The molecule has 1 N–H and O–H groups in total. The fourth-order valence-corrected chi connectivity index (χ4v) is 7.77. The van der Waals surface area contributed by atoms with Gasteiger partial charge >= 0.3 is 0 Å². The lowest BCUT2D eigenvalue weighted by Gasteiger charge is -2.58. The lowest BCUT2D eigenvalue weighted by Crippen LogP contribution is -2.51. The van der Waals surface area contributed by atoms with Crippen LogP contribution in [-0.4, -0.2) is 17.0 Å². The molecule has 4 aliphatic rings. The van der Waals surface area contributed by atoms with Crippen LogP contribution >= 0.6 is 0 Å². The fraction of sp³-hybridized carbons (Fsp3) is 0.864. The minimum atomic E-state index is -0.123. The van der Waals surface area contributed by atoms with Crippen molar-refractivity contribution in [1.82, 2.24) is 0 Å². The predicted octanol–water partition coefficient (Wildman–Crippen LogP) is 4.91. The number of rotatable bonds is 1. The predicted molar refractivity (Wildman–Crippen MR) is 96.5 cm³/mol. The monoisotopic (exact) mass is 330 g/mol. The van der Waals surface area contributed by atoms with Crippen molar-refractivity contribution in [3.63, 3.8) is 0 Å². The molecule has 0 aliphatic heterocycles. The van der Waals surface area contributed by atoms with Gasteiger partial charge in [-0.15, -0.1) is 0 Å². The van der Waals surface area contributed by atoms with Crippen LogP contribution in [0.4, 0.5) is 0 Å². The molecule has 3 fully saturated rings. The number of hydrogen-bond donors (Lipinski definition) is 1. The van der Waals surface area contributed by atoms with Crippen LogP contribution in [0.25, 0.3) is 0 Å². The maximum absolute atomic E-state index is 12.2. The van der Waals surface area contributed by atoms with Crippen LogP contribution in [0.5, 0.6) is 0 Å².